The number of aliphatic hydroxyl groups excluding tert-OH is 2. The minimum Gasteiger partial charge on any atom is -0.396 e. The zero-order chi connectivity index (χ0) is 13.6. The van der Waals surface area contributed by atoms with Crippen LogP contribution in [0.1, 0.15) is 20.3 Å². The van der Waals surface area contributed by atoms with E-state index >= 15 is 0 Å². The van der Waals surface area contributed by atoms with Crippen molar-refractivity contribution in [2.24, 2.45) is 21.3 Å². The molecule has 0 aromatic rings. The van der Waals surface area contributed by atoms with Gasteiger partial charge in [0.15, 0.2) is 0 Å². The third-order valence-corrected chi connectivity index (χ3v) is 3.81. The summed E-state index contributed by atoms with van der Waals surface area (Å²) in [4.78, 5) is 10.2. The van der Waals surface area contributed by atoms with Gasteiger partial charge in [-0.05, 0) is 26.0 Å². The monoisotopic (exact) mass is 253 g/mol. The minimum atomic E-state index is -0.386. The number of allylic oxidation sites excluding steroid dienone is 1. The van der Waals surface area contributed by atoms with Crippen LogP contribution in [0.2, 0.25) is 0 Å². The minimum absolute atomic E-state index is 0.0152. The fraction of sp³-hybridized carbons (Fsp3) is 0.692. The summed E-state index contributed by atoms with van der Waals surface area (Å²) in [7, 11) is 0. The first kappa shape index (κ1) is 14.9. The maximum Gasteiger partial charge on any atom is 0.224 e. The van der Waals surface area contributed by atoms with E-state index in [9.17, 15) is 10.2 Å². The van der Waals surface area contributed by atoms with Crippen LogP contribution in [0.15, 0.2) is 22.3 Å². The van der Waals surface area contributed by atoms with E-state index in [0.29, 0.717) is 5.96 Å². The Kier molecular flexibility index (Phi) is 5.50. The smallest absolute Gasteiger partial charge is 0.224 e. The second kappa shape index (κ2) is 6.66. The summed E-state index contributed by atoms with van der Waals surface area (Å²) >= 11 is 0. The molecular formula is C13H23N3O2. The van der Waals surface area contributed by atoms with E-state index in [1.807, 2.05) is 24.8 Å². The summed E-state index contributed by atoms with van der Waals surface area (Å²) < 4.78 is 0. The molecule has 1 fully saturated rings. The van der Waals surface area contributed by atoms with Gasteiger partial charge in [-0.2, -0.15) is 0 Å². The summed E-state index contributed by atoms with van der Waals surface area (Å²) in [6.45, 7) is 8.94. The van der Waals surface area contributed by atoms with Gasteiger partial charge in [-0.25, -0.2) is 9.98 Å². The van der Waals surface area contributed by atoms with Crippen LogP contribution in [0.5, 0.6) is 0 Å². The lowest BCUT2D eigenvalue weighted by Gasteiger charge is -2.44. The first-order valence-corrected chi connectivity index (χ1v) is 6.26. The maximum absolute atomic E-state index is 9.48. The van der Waals surface area contributed by atoms with Crippen LogP contribution in [0, 0.1) is 11.3 Å². The number of piperidine rings is 1. The van der Waals surface area contributed by atoms with Crippen molar-refractivity contribution in [3.63, 3.8) is 0 Å². The van der Waals surface area contributed by atoms with Crippen LogP contribution in [0.25, 0.3) is 0 Å². The predicted molar refractivity (Wildman–Crippen MR) is 73.8 cm³/mol. The average molecular weight is 253 g/mol. The number of hydrogen-bond acceptors (Lipinski definition) is 3. The summed E-state index contributed by atoms with van der Waals surface area (Å²) in [5.41, 5.74) is -0.386. The molecule has 18 heavy (non-hydrogen) atoms. The van der Waals surface area contributed by atoms with Crippen molar-refractivity contribution in [1.82, 2.24) is 4.90 Å². The lowest BCUT2D eigenvalue weighted by atomic mass is 9.72. The number of aliphatic imine (C=N–C) groups is 2. The Morgan fingerprint density at radius 2 is 2.17 bits per heavy atom. The molecule has 0 aromatic heterocycles. The van der Waals surface area contributed by atoms with Crippen LogP contribution in [0.4, 0.5) is 0 Å². The largest absolute Gasteiger partial charge is 0.396 e. The lowest BCUT2D eigenvalue weighted by molar-refractivity contribution is -0.0293. The van der Waals surface area contributed by atoms with Gasteiger partial charge in [0.1, 0.15) is 0 Å². The predicted octanol–water partition coefficient (Wildman–Crippen LogP) is 0.889. The highest BCUT2D eigenvalue weighted by Gasteiger charge is 2.40. The van der Waals surface area contributed by atoms with Crippen LogP contribution < -0.4 is 0 Å². The van der Waals surface area contributed by atoms with E-state index in [0.717, 1.165) is 19.5 Å². The first-order chi connectivity index (χ1) is 8.63. The first-order valence-electron chi connectivity index (χ1n) is 6.26. The van der Waals surface area contributed by atoms with Crippen LogP contribution >= 0.6 is 0 Å². The van der Waals surface area contributed by atoms with Crippen molar-refractivity contribution in [2.75, 3.05) is 26.3 Å². The second-order valence-corrected chi connectivity index (χ2v) is 4.85. The Bertz CT molecular complexity index is 335. The van der Waals surface area contributed by atoms with Gasteiger partial charge in [0, 0.05) is 24.7 Å². The Balaban J connectivity index is 2.79. The molecule has 1 rings (SSSR count). The molecule has 1 aliphatic heterocycles. The zero-order valence-corrected chi connectivity index (χ0v) is 11.2. The van der Waals surface area contributed by atoms with E-state index in [4.69, 9.17) is 0 Å². The van der Waals surface area contributed by atoms with Crippen molar-refractivity contribution in [3.8, 4) is 0 Å². The standard InChI is InChI=1S/C13H23N3O2/c1-4-6-15-12(14-3)16-7-5-13(9-17,10-18)11(2)8-16/h4,6,11,17-18H,3,5,7-10H2,1-2H3/b6-4-,15-12?. The fourth-order valence-corrected chi connectivity index (χ4v) is 2.28. The van der Waals surface area contributed by atoms with E-state index < -0.39 is 0 Å². The molecule has 5 nitrogen and oxygen atoms in total. The molecule has 1 heterocycles. The van der Waals surface area contributed by atoms with Gasteiger partial charge in [0.25, 0.3) is 0 Å². The quantitative estimate of drug-likeness (QED) is 0.580. The maximum atomic E-state index is 9.48. The normalized spacial score (nSPS) is 24.6. The summed E-state index contributed by atoms with van der Waals surface area (Å²) in [5.74, 6) is 0.781. The van der Waals surface area contributed by atoms with Crippen LogP contribution in [-0.2, 0) is 0 Å². The van der Waals surface area contributed by atoms with Gasteiger partial charge in [-0.3, -0.25) is 0 Å². The highest BCUT2D eigenvalue weighted by atomic mass is 16.3. The average Bonchev–Trinajstić information content (AvgIpc) is 2.40. The van der Waals surface area contributed by atoms with E-state index in [2.05, 4.69) is 16.7 Å². The number of likely N-dealkylation sites (tertiary alicyclic amines) is 1. The number of hydrogen-bond donors (Lipinski definition) is 2. The molecule has 0 aliphatic carbocycles. The Hall–Kier alpha value is -1.20. The summed E-state index contributed by atoms with van der Waals surface area (Å²) in [5, 5.41) is 19.0. The molecule has 0 aromatic carbocycles. The van der Waals surface area contributed by atoms with E-state index in [1.165, 1.54) is 0 Å². The third-order valence-electron chi connectivity index (χ3n) is 3.81. The molecule has 2 N–H and O–H groups in total. The Morgan fingerprint density at radius 1 is 1.50 bits per heavy atom. The molecular weight excluding hydrogens is 230 g/mol. The van der Waals surface area contributed by atoms with E-state index in [1.54, 1.807) is 6.20 Å². The molecule has 0 amide bonds. The summed E-state index contributed by atoms with van der Waals surface area (Å²) in [6.07, 6.45) is 4.25. The molecule has 0 radical (unpaired) electrons. The number of nitrogens with zero attached hydrogens (tertiary/aromatic N) is 3. The van der Waals surface area contributed by atoms with E-state index in [-0.39, 0.29) is 24.5 Å². The molecule has 0 saturated carbocycles. The molecule has 0 bridgehead atoms. The Labute approximate surface area is 109 Å². The Morgan fingerprint density at radius 3 is 2.61 bits per heavy atom. The molecule has 102 valence electrons. The van der Waals surface area contributed by atoms with Crippen LogP contribution in [0.3, 0.4) is 0 Å². The van der Waals surface area contributed by atoms with Crippen molar-refractivity contribution in [3.05, 3.63) is 12.3 Å². The zero-order valence-electron chi connectivity index (χ0n) is 11.2. The van der Waals surface area contributed by atoms with Gasteiger partial charge in [0.05, 0.1) is 13.2 Å². The molecule has 1 aliphatic rings. The number of guanidine groups is 1. The summed E-state index contributed by atoms with van der Waals surface area (Å²) in [6, 6.07) is 0. The van der Waals surface area contributed by atoms with Gasteiger partial charge in [-0.15, -0.1) is 0 Å². The fourth-order valence-electron chi connectivity index (χ4n) is 2.28. The van der Waals surface area contributed by atoms with Crippen molar-refractivity contribution >= 4 is 12.7 Å². The number of aliphatic hydroxyl groups is 2. The number of rotatable bonds is 3. The SMILES string of the molecule is C=NC(=N/C=C\C)N1CCC(CO)(CO)C(C)C1. The second-order valence-electron chi connectivity index (χ2n) is 4.85. The van der Waals surface area contributed by atoms with Crippen LogP contribution in [-0.4, -0.2) is 54.1 Å². The molecule has 0 spiro atoms. The lowest BCUT2D eigenvalue weighted by Crippen LogP contribution is -2.51. The molecule has 1 saturated heterocycles. The highest BCUT2D eigenvalue weighted by molar-refractivity contribution is 5.84. The highest BCUT2D eigenvalue weighted by Crippen LogP contribution is 2.35. The topological polar surface area (TPSA) is 68.4 Å². The van der Waals surface area contributed by atoms with Gasteiger partial charge < -0.3 is 15.1 Å². The molecule has 5 heteroatoms. The third kappa shape index (κ3) is 2.97. The molecule has 1 unspecified atom stereocenters. The van der Waals surface area contributed by atoms with Crippen molar-refractivity contribution < 1.29 is 10.2 Å². The van der Waals surface area contributed by atoms with Gasteiger partial charge in [0.2, 0.25) is 5.96 Å². The van der Waals surface area contributed by atoms with Gasteiger partial charge >= 0.3 is 0 Å². The van der Waals surface area contributed by atoms with Gasteiger partial charge in [-0.1, -0.05) is 13.0 Å². The van der Waals surface area contributed by atoms with Crippen molar-refractivity contribution in [1.29, 1.82) is 0 Å². The molecule has 1 atom stereocenters. The van der Waals surface area contributed by atoms with Crippen molar-refractivity contribution in [2.45, 2.75) is 20.3 Å².